The van der Waals surface area contributed by atoms with Crippen LogP contribution in [0.4, 0.5) is 13.2 Å². The SMILES string of the molecule is CC(N)CCNC(=O)c1cn(-c2cccc(C(F)(F)F)c2)nn1.Cl. The molecular weight excluding hydrogens is 347 g/mol. The summed E-state index contributed by atoms with van der Waals surface area (Å²) in [6, 6.07) is 4.56. The van der Waals surface area contributed by atoms with Crippen molar-refractivity contribution in [1.29, 1.82) is 0 Å². The number of amides is 1. The molecule has 1 aromatic heterocycles. The van der Waals surface area contributed by atoms with Gasteiger partial charge in [-0.2, -0.15) is 13.2 Å². The number of nitrogens with two attached hydrogens (primary N) is 1. The molecule has 1 amide bonds. The molecule has 1 unspecified atom stereocenters. The van der Waals surface area contributed by atoms with E-state index in [1.54, 1.807) is 0 Å². The first-order valence-electron chi connectivity index (χ1n) is 6.91. The highest BCUT2D eigenvalue weighted by atomic mass is 35.5. The van der Waals surface area contributed by atoms with Crippen LogP contribution in [-0.4, -0.2) is 33.5 Å². The lowest BCUT2D eigenvalue weighted by Crippen LogP contribution is -2.29. The number of carbonyl (C=O) groups excluding carboxylic acids is 1. The van der Waals surface area contributed by atoms with Crippen molar-refractivity contribution in [3.63, 3.8) is 0 Å². The zero-order valence-electron chi connectivity index (χ0n) is 12.7. The summed E-state index contributed by atoms with van der Waals surface area (Å²) in [4.78, 5) is 11.8. The molecule has 0 aliphatic carbocycles. The molecule has 2 rings (SSSR count). The Labute approximate surface area is 142 Å². The standard InChI is InChI=1S/C14H16F3N5O.ClH/c1-9(18)5-6-19-13(23)12-8-22(21-20-12)11-4-2-3-10(7-11)14(15,16)17;/h2-4,7-9H,5-6,18H2,1H3,(H,19,23);1H. The number of hydrogen-bond acceptors (Lipinski definition) is 4. The molecule has 1 heterocycles. The number of benzene rings is 1. The fraction of sp³-hybridized carbons (Fsp3) is 0.357. The summed E-state index contributed by atoms with van der Waals surface area (Å²) in [5.74, 6) is -0.455. The lowest BCUT2D eigenvalue weighted by molar-refractivity contribution is -0.137. The average Bonchev–Trinajstić information content (AvgIpc) is 2.96. The predicted molar refractivity (Wildman–Crippen MR) is 84.2 cm³/mol. The van der Waals surface area contributed by atoms with Gasteiger partial charge in [-0.3, -0.25) is 4.79 Å². The van der Waals surface area contributed by atoms with E-state index < -0.39 is 17.6 Å². The van der Waals surface area contributed by atoms with Gasteiger partial charge in [0.1, 0.15) is 0 Å². The van der Waals surface area contributed by atoms with Gasteiger partial charge in [0.05, 0.1) is 17.4 Å². The van der Waals surface area contributed by atoms with Gasteiger partial charge in [-0.15, -0.1) is 17.5 Å². The van der Waals surface area contributed by atoms with E-state index in [0.717, 1.165) is 16.8 Å². The van der Waals surface area contributed by atoms with E-state index in [1.807, 2.05) is 6.92 Å². The second-order valence-corrected chi connectivity index (χ2v) is 5.12. The van der Waals surface area contributed by atoms with Crippen LogP contribution in [0, 0.1) is 0 Å². The number of alkyl halides is 3. The Balaban J connectivity index is 0.00000288. The summed E-state index contributed by atoms with van der Waals surface area (Å²) in [6.07, 6.45) is -2.57. The van der Waals surface area contributed by atoms with E-state index in [4.69, 9.17) is 5.73 Å². The van der Waals surface area contributed by atoms with E-state index in [1.165, 1.54) is 18.3 Å². The van der Waals surface area contributed by atoms with Crippen molar-refractivity contribution in [2.75, 3.05) is 6.54 Å². The summed E-state index contributed by atoms with van der Waals surface area (Å²) in [6.45, 7) is 2.20. The number of aromatic nitrogens is 3. The van der Waals surface area contributed by atoms with Crippen LogP contribution in [-0.2, 0) is 6.18 Å². The van der Waals surface area contributed by atoms with E-state index in [2.05, 4.69) is 15.6 Å². The third kappa shape index (κ3) is 5.20. The van der Waals surface area contributed by atoms with Crippen molar-refractivity contribution >= 4 is 18.3 Å². The molecule has 0 aliphatic heterocycles. The Morgan fingerprint density at radius 1 is 1.42 bits per heavy atom. The highest BCUT2D eigenvalue weighted by Crippen LogP contribution is 2.30. The highest BCUT2D eigenvalue weighted by molar-refractivity contribution is 5.91. The molecule has 0 spiro atoms. The Morgan fingerprint density at radius 3 is 2.75 bits per heavy atom. The molecule has 2 aromatic rings. The number of carbonyl (C=O) groups is 1. The van der Waals surface area contributed by atoms with Crippen LogP contribution in [0.15, 0.2) is 30.5 Å². The molecule has 6 nitrogen and oxygen atoms in total. The summed E-state index contributed by atoms with van der Waals surface area (Å²) < 4.78 is 39.2. The van der Waals surface area contributed by atoms with Crippen molar-refractivity contribution in [3.8, 4) is 5.69 Å². The van der Waals surface area contributed by atoms with Crippen molar-refractivity contribution in [2.24, 2.45) is 5.73 Å². The zero-order chi connectivity index (χ0) is 17.0. The predicted octanol–water partition coefficient (Wildman–Crippen LogP) is 2.18. The van der Waals surface area contributed by atoms with Gasteiger partial charge in [-0.25, -0.2) is 4.68 Å². The van der Waals surface area contributed by atoms with Gasteiger partial charge in [0, 0.05) is 12.6 Å². The molecule has 0 saturated carbocycles. The summed E-state index contributed by atoms with van der Waals surface area (Å²) in [5.41, 5.74) is 4.96. The molecule has 1 atom stereocenters. The molecule has 0 fully saturated rings. The largest absolute Gasteiger partial charge is 0.416 e. The lowest BCUT2D eigenvalue weighted by Gasteiger charge is -2.08. The number of hydrogen-bond donors (Lipinski definition) is 2. The van der Waals surface area contributed by atoms with E-state index >= 15 is 0 Å². The average molecular weight is 364 g/mol. The normalized spacial score (nSPS) is 12.4. The summed E-state index contributed by atoms with van der Waals surface area (Å²) in [7, 11) is 0. The molecule has 0 aliphatic rings. The molecule has 3 N–H and O–H groups in total. The van der Waals surface area contributed by atoms with Crippen molar-refractivity contribution < 1.29 is 18.0 Å². The van der Waals surface area contributed by atoms with Crippen molar-refractivity contribution in [3.05, 3.63) is 41.7 Å². The minimum absolute atomic E-state index is 0. The van der Waals surface area contributed by atoms with Crippen molar-refractivity contribution in [1.82, 2.24) is 20.3 Å². The molecule has 0 radical (unpaired) electrons. The van der Waals surface area contributed by atoms with E-state index in [-0.39, 0.29) is 29.8 Å². The Morgan fingerprint density at radius 2 is 2.12 bits per heavy atom. The van der Waals surface area contributed by atoms with Crippen molar-refractivity contribution in [2.45, 2.75) is 25.6 Å². The number of nitrogens with zero attached hydrogens (tertiary/aromatic N) is 3. The molecular formula is C14H17ClF3N5O. The first-order chi connectivity index (χ1) is 10.8. The maximum atomic E-state index is 12.7. The maximum Gasteiger partial charge on any atom is 0.416 e. The van der Waals surface area contributed by atoms with Crippen LogP contribution in [0.5, 0.6) is 0 Å². The first kappa shape index (κ1) is 19.9. The van der Waals surface area contributed by atoms with Crippen LogP contribution < -0.4 is 11.1 Å². The number of halogens is 4. The minimum Gasteiger partial charge on any atom is -0.351 e. The third-order valence-corrected chi connectivity index (χ3v) is 3.05. The molecule has 0 bridgehead atoms. The zero-order valence-corrected chi connectivity index (χ0v) is 13.6. The van der Waals surface area contributed by atoms with Gasteiger partial charge in [0.2, 0.25) is 0 Å². The quantitative estimate of drug-likeness (QED) is 0.852. The lowest BCUT2D eigenvalue weighted by atomic mass is 10.2. The number of rotatable bonds is 5. The Hall–Kier alpha value is -2.13. The van der Waals surface area contributed by atoms with Crippen LogP contribution in [0.3, 0.4) is 0 Å². The van der Waals surface area contributed by atoms with Gasteiger partial charge < -0.3 is 11.1 Å². The monoisotopic (exact) mass is 363 g/mol. The van der Waals surface area contributed by atoms with Crippen LogP contribution in [0.25, 0.3) is 5.69 Å². The smallest absolute Gasteiger partial charge is 0.351 e. The summed E-state index contributed by atoms with van der Waals surface area (Å²) in [5, 5.41) is 9.97. The first-order valence-corrected chi connectivity index (χ1v) is 6.91. The second-order valence-electron chi connectivity index (χ2n) is 5.12. The van der Waals surface area contributed by atoms with E-state index in [0.29, 0.717) is 13.0 Å². The fourth-order valence-corrected chi connectivity index (χ4v) is 1.82. The van der Waals surface area contributed by atoms with Crippen LogP contribution >= 0.6 is 12.4 Å². The molecule has 10 heteroatoms. The van der Waals surface area contributed by atoms with Crippen LogP contribution in [0.2, 0.25) is 0 Å². The summed E-state index contributed by atoms with van der Waals surface area (Å²) >= 11 is 0. The molecule has 24 heavy (non-hydrogen) atoms. The number of nitrogens with one attached hydrogen (secondary N) is 1. The van der Waals surface area contributed by atoms with Gasteiger partial charge >= 0.3 is 6.18 Å². The van der Waals surface area contributed by atoms with E-state index in [9.17, 15) is 18.0 Å². The van der Waals surface area contributed by atoms with Crippen LogP contribution in [0.1, 0.15) is 29.4 Å². The molecule has 132 valence electrons. The second kappa shape index (κ2) is 8.11. The molecule has 1 aromatic carbocycles. The van der Waals surface area contributed by atoms with Gasteiger partial charge in [-0.05, 0) is 31.5 Å². The Kier molecular flexibility index (Phi) is 6.73. The minimum atomic E-state index is -4.45. The maximum absolute atomic E-state index is 12.7. The highest BCUT2D eigenvalue weighted by Gasteiger charge is 2.30. The third-order valence-electron chi connectivity index (χ3n) is 3.05. The van der Waals surface area contributed by atoms with Gasteiger partial charge in [0.25, 0.3) is 5.91 Å². The van der Waals surface area contributed by atoms with Gasteiger partial charge in [0.15, 0.2) is 5.69 Å². The topological polar surface area (TPSA) is 85.8 Å². The van der Waals surface area contributed by atoms with Gasteiger partial charge in [-0.1, -0.05) is 11.3 Å². The fourth-order valence-electron chi connectivity index (χ4n) is 1.82. The Bertz CT molecular complexity index is 687. The molecule has 0 saturated heterocycles.